The molecule has 1 N–H and O–H groups in total. The molecule has 1 unspecified atom stereocenters. The SMILES string of the molecule is CC(O)c1ccc(S(=O)(=O)N(C)CC2CC2)cc1. The van der Waals surface area contributed by atoms with Gasteiger partial charge in [0, 0.05) is 13.6 Å². The summed E-state index contributed by atoms with van der Waals surface area (Å²) in [6.45, 7) is 2.25. The van der Waals surface area contributed by atoms with Crippen molar-refractivity contribution in [1.82, 2.24) is 4.31 Å². The molecular formula is C13H19NO3S. The van der Waals surface area contributed by atoms with Crippen LogP contribution in [0.15, 0.2) is 29.2 Å². The average Bonchev–Trinajstić information content (AvgIpc) is 3.13. The standard InChI is InChI=1S/C13H19NO3S/c1-10(15)12-5-7-13(8-6-12)18(16,17)14(2)9-11-3-4-11/h5-8,10-11,15H,3-4,9H2,1-2H3. The lowest BCUT2D eigenvalue weighted by Gasteiger charge is -2.17. The first-order valence-corrected chi connectivity index (χ1v) is 7.59. The zero-order valence-corrected chi connectivity index (χ0v) is 11.5. The summed E-state index contributed by atoms with van der Waals surface area (Å²) in [5, 5.41) is 9.39. The largest absolute Gasteiger partial charge is 0.389 e. The van der Waals surface area contributed by atoms with Crippen molar-refractivity contribution in [2.45, 2.75) is 30.8 Å². The van der Waals surface area contributed by atoms with Crippen LogP contribution in [-0.4, -0.2) is 31.4 Å². The van der Waals surface area contributed by atoms with Gasteiger partial charge < -0.3 is 5.11 Å². The van der Waals surface area contributed by atoms with Crippen LogP contribution < -0.4 is 0 Å². The molecule has 0 bridgehead atoms. The fraction of sp³-hybridized carbons (Fsp3) is 0.538. The minimum atomic E-state index is -3.38. The van der Waals surface area contributed by atoms with E-state index in [-0.39, 0.29) is 4.90 Å². The van der Waals surface area contributed by atoms with E-state index < -0.39 is 16.1 Å². The van der Waals surface area contributed by atoms with Gasteiger partial charge in [0.15, 0.2) is 0 Å². The van der Waals surface area contributed by atoms with Gasteiger partial charge in [0.2, 0.25) is 10.0 Å². The molecule has 1 fully saturated rings. The van der Waals surface area contributed by atoms with Crippen LogP contribution in [0.1, 0.15) is 31.4 Å². The van der Waals surface area contributed by atoms with E-state index in [0.717, 1.165) is 18.4 Å². The summed E-state index contributed by atoms with van der Waals surface area (Å²) in [6, 6.07) is 6.42. The molecule has 0 heterocycles. The van der Waals surface area contributed by atoms with Crippen molar-refractivity contribution in [3.05, 3.63) is 29.8 Å². The molecule has 1 aromatic carbocycles. The summed E-state index contributed by atoms with van der Waals surface area (Å²) in [4.78, 5) is 0.287. The Kier molecular flexibility index (Phi) is 3.75. The highest BCUT2D eigenvalue weighted by Gasteiger charge is 2.29. The summed E-state index contributed by atoms with van der Waals surface area (Å²) >= 11 is 0. The second-order valence-electron chi connectivity index (χ2n) is 4.97. The van der Waals surface area contributed by atoms with Crippen molar-refractivity contribution >= 4 is 10.0 Å². The van der Waals surface area contributed by atoms with Gasteiger partial charge in [-0.2, -0.15) is 0 Å². The summed E-state index contributed by atoms with van der Waals surface area (Å²) in [7, 11) is -1.76. The third-order valence-corrected chi connectivity index (χ3v) is 5.12. The molecule has 1 saturated carbocycles. The van der Waals surface area contributed by atoms with Gasteiger partial charge in [-0.3, -0.25) is 0 Å². The lowest BCUT2D eigenvalue weighted by Crippen LogP contribution is -2.28. The number of hydrogen-bond donors (Lipinski definition) is 1. The van der Waals surface area contributed by atoms with Crippen molar-refractivity contribution in [1.29, 1.82) is 0 Å². The van der Waals surface area contributed by atoms with Crippen molar-refractivity contribution in [2.75, 3.05) is 13.6 Å². The quantitative estimate of drug-likeness (QED) is 0.886. The Labute approximate surface area is 108 Å². The van der Waals surface area contributed by atoms with Crippen LogP contribution in [0.2, 0.25) is 0 Å². The van der Waals surface area contributed by atoms with E-state index in [2.05, 4.69) is 0 Å². The molecule has 1 atom stereocenters. The van der Waals surface area contributed by atoms with E-state index in [9.17, 15) is 13.5 Å². The molecule has 0 aliphatic heterocycles. The van der Waals surface area contributed by atoms with Gasteiger partial charge in [-0.15, -0.1) is 0 Å². The molecule has 0 saturated heterocycles. The molecular weight excluding hydrogens is 250 g/mol. The molecule has 0 amide bonds. The maximum atomic E-state index is 12.2. The Hall–Kier alpha value is -0.910. The second-order valence-corrected chi connectivity index (χ2v) is 7.02. The van der Waals surface area contributed by atoms with Crippen molar-refractivity contribution in [3.63, 3.8) is 0 Å². The summed E-state index contributed by atoms with van der Waals surface area (Å²) in [5.74, 6) is 0.529. The second kappa shape index (κ2) is 4.99. The van der Waals surface area contributed by atoms with Crippen LogP contribution in [0.4, 0.5) is 0 Å². The lowest BCUT2D eigenvalue weighted by atomic mass is 10.1. The number of benzene rings is 1. The smallest absolute Gasteiger partial charge is 0.242 e. The molecule has 0 radical (unpaired) electrons. The first-order valence-electron chi connectivity index (χ1n) is 6.15. The Morgan fingerprint density at radius 3 is 2.33 bits per heavy atom. The Balaban J connectivity index is 2.17. The van der Waals surface area contributed by atoms with E-state index in [1.54, 1.807) is 38.2 Å². The monoisotopic (exact) mass is 269 g/mol. The molecule has 100 valence electrons. The molecule has 1 aliphatic rings. The van der Waals surface area contributed by atoms with E-state index in [1.165, 1.54) is 4.31 Å². The van der Waals surface area contributed by atoms with E-state index in [0.29, 0.717) is 12.5 Å². The van der Waals surface area contributed by atoms with Crippen LogP contribution in [0.3, 0.4) is 0 Å². The first-order chi connectivity index (χ1) is 8.41. The minimum absolute atomic E-state index is 0.287. The highest BCUT2D eigenvalue weighted by atomic mass is 32.2. The fourth-order valence-corrected chi connectivity index (χ4v) is 3.11. The molecule has 0 aromatic heterocycles. The highest BCUT2D eigenvalue weighted by Crippen LogP contribution is 2.31. The summed E-state index contributed by atoms with van der Waals surface area (Å²) in [5.41, 5.74) is 0.721. The van der Waals surface area contributed by atoms with E-state index in [4.69, 9.17) is 0 Å². The molecule has 0 spiro atoms. The number of sulfonamides is 1. The average molecular weight is 269 g/mol. The molecule has 5 heteroatoms. The van der Waals surface area contributed by atoms with Gasteiger partial charge in [-0.1, -0.05) is 12.1 Å². The van der Waals surface area contributed by atoms with E-state index >= 15 is 0 Å². The zero-order chi connectivity index (χ0) is 13.3. The normalized spacial score (nSPS) is 18.0. The van der Waals surface area contributed by atoms with Crippen molar-refractivity contribution in [3.8, 4) is 0 Å². The number of aliphatic hydroxyl groups excluding tert-OH is 1. The topological polar surface area (TPSA) is 57.6 Å². The van der Waals surface area contributed by atoms with Crippen LogP contribution in [0.25, 0.3) is 0 Å². The van der Waals surface area contributed by atoms with Gasteiger partial charge in [-0.05, 0) is 43.4 Å². The Bertz CT molecular complexity index is 504. The third-order valence-electron chi connectivity index (χ3n) is 3.28. The predicted molar refractivity (Wildman–Crippen MR) is 69.6 cm³/mol. The number of hydrogen-bond acceptors (Lipinski definition) is 3. The molecule has 1 aromatic rings. The molecule has 18 heavy (non-hydrogen) atoms. The predicted octanol–water partition coefficient (Wildman–Crippen LogP) is 1.77. The molecule has 4 nitrogen and oxygen atoms in total. The maximum absolute atomic E-state index is 12.2. The fourth-order valence-electron chi connectivity index (χ4n) is 1.86. The van der Waals surface area contributed by atoms with Gasteiger partial charge in [-0.25, -0.2) is 12.7 Å². The van der Waals surface area contributed by atoms with Crippen molar-refractivity contribution in [2.24, 2.45) is 5.92 Å². The number of aliphatic hydroxyl groups is 1. The highest BCUT2D eigenvalue weighted by molar-refractivity contribution is 7.89. The molecule has 1 aliphatic carbocycles. The number of rotatable bonds is 5. The van der Waals surface area contributed by atoms with Crippen LogP contribution in [0.5, 0.6) is 0 Å². The van der Waals surface area contributed by atoms with Crippen molar-refractivity contribution < 1.29 is 13.5 Å². The van der Waals surface area contributed by atoms with Crippen LogP contribution >= 0.6 is 0 Å². The summed E-state index contributed by atoms with van der Waals surface area (Å²) < 4.78 is 25.9. The number of nitrogens with zero attached hydrogens (tertiary/aromatic N) is 1. The Morgan fingerprint density at radius 2 is 1.89 bits per heavy atom. The van der Waals surface area contributed by atoms with Gasteiger partial charge in [0.05, 0.1) is 11.0 Å². The van der Waals surface area contributed by atoms with Gasteiger partial charge in [0.1, 0.15) is 0 Å². The third kappa shape index (κ3) is 2.91. The Morgan fingerprint density at radius 1 is 1.33 bits per heavy atom. The van der Waals surface area contributed by atoms with Crippen LogP contribution in [-0.2, 0) is 10.0 Å². The first kappa shape index (κ1) is 13.5. The minimum Gasteiger partial charge on any atom is -0.389 e. The molecule has 2 rings (SSSR count). The summed E-state index contributed by atoms with van der Waals surface area (Å²) in [6.07, 6.45) is 1.67. The zero-order valence-electron chi connectivity index (χ0n) is 10.7. The van der Waals surface area contributed by atoms with Gasteiger partial charge in [0.25, 0.3) is 0 Å². The van der Waals surface area contributed by atoms with Gasteiger partial charge >= 0.3 is 0 Å². The van der Waals surface area contributed by atoms with E-state index in [1.807, 2.05) is 0 Å². The lowest BCUT2D eigenvalue weighted by molar-refractivity contribution is 0.199. The maximum Gasteiger partial charge on any atom is 0.242 e. The van der Waals surface area contributed by atoms with Crippen LogP contribution in [0, 0.1) is 5.92 Å².